The molecule has 1 fully saturated rings. The maximum Gasteiger partial charge on any atom is 0.281 e. The van der Waals surface area contributed by atoms with Crippen LogP contribution in [0.5, 0.6) is 11.5 Å². The van der Waals surface area contributed by atoms with Crippen LogP contribution in [0.15, 0.2) is 40.6 Å². The van der Waals surface area contributed by atoms with Gasteiger partial charge < -0.3 is 9.47 Å². The minimum Gasteiger partial charge on any atom is -0.494 e. The Hall–Kier alpha value is -2.28. The second-order valence-electron chi connectivity index (χ2n) is 6.74. The molecular weight excluding hydrogens is 474 g/mol. The minimum atomic E-state index is -3.78. The van der Waals surface area contributed by atoms with Gasteiger partial charge in [0.25, 0.3) is 11.8 Å². The molecule has 1 atom stereocenters. The van der Waals surface area contributed by atoms with Crippen LogP contribution in [0.2, 0.25) is 0 Å². The first-order chi connectivity index (χ1) is 15.3. The summed E-state index contributed by atoms with van der Waals surface area (Å²) in [5, 5.41) is 1.54. The molecule has 2 heterocycles. The molecule has 3 rings (SSSR count). The van der Waals surface area contributed by atoms with Crippen molar-refractivity contribution >= 4 is 44.9 Å². The summed E-state index contributed by atoms with van der Waals surface area (Å²) < 4.78 is 38.1. The van der Waals surface area contributed by atoms with Gasteiger partial charge in [0.05, 0.1) is 6.61 Å². The van der Waals surface area contributed by atoms with Crippen molar-refractivity contribution in [1.82, 2.24) is 15.2 Å². The molecular formula is C20H25N3O6S3. The molecule has 0 aliphatic carbocycles. The van der Waals surface area contributed by atoms with Gasteiger partial charge in [0, 0.05) is 24.6 Å². The van der Waals surface area contributed by atoms with Crippen LogP contribution in [0, 0.1) is 0 Å². The highest BCUT2D eigenvalue weighted by Crippen LogP contribution is 2.27. The molecule has 0 bridgehead atoms. The molecule has 1 aromatic carbocycles. The van der Waals surface area contributed by atoms with E-state index in [0.29, 0.717) is 42.7 Å². The number of hydrazine groups is 1. The molecule has 0 spiro atoms. The Labute approximate surface area is 195 Å². The lowest BCUT2D eigenvalue weighted by atomic mass is 10.3. The van der Waals surface area contributed by atoms with Crippen LogP contribution < -0.4 is 20.3 Å². The fourth-order valence-corrected chi connectivity index (χ4v) is 6.78. The monoisotopic (exact) mass is 499 g/mol. The topological polar surface area (TPSA) is 114 Å². The molecule has 1 unspecified atom stereocenters. The first kappa shape index (κ1) is 24.4. The average molecular weight is 500 g/mol. The molecule has 2 N–H and O–H groups in total. The number of carbonyl (C=O) groups is 2. The first-order valence-corrected chi connectivity index (χ1v) is 13.5. The number of thiophene rings is 1. The van der Waals surface area contributed by atoms with Crippen molar-refractivity contribution in [2.45, 2.75) is 24.8 Å². The predicted octanol–water partition coefficient (Wildman–Crippen LogP) is 2.11. The predicted molar refractivity (Wildman–Crippen MR) is 124 cm³/mol. The van der Waals surface area contributed by atoms with Crippen molar-refractivity contribution < 1.29 is 27.5 Å². The zero-order valence-electron chi connectivity index (χ0n) is 17.7. The second-order valence-corrected chi connectivity index (χ2v) is 10.8. The fraction of sp³-hybridized carbons (Fsp3) is 0.400. The van der Waals surface area contributed by atoms with Crippen molar-refractivity contribution in [3.05, 3.63) is 40.6 Å². The Morgan fingerprint density at radius 3 is 2.41 bits per heavy atom. The van der Waals surface area contributed by atoms with Crippen molar-refractivity contribution in [3.8, 4) is 11.5 Å². The number of rotatable bonds is 8. The molecule has 1 saturated heterocycles. The Kier molecular flexibility index (Phi) is 8.40. The highest BCUT2D eigenvalue weighted by Gasteiger charge is 2.31. The van der Waals surface area contributed by atoms with E-state index in [1.54, 1.807) is 41.4 Å². The summed E-state index contributed by atoms with van der Waals surface area (Å²) in [7, 11) is -3.78. The van der Waals surface area contributed by atoms with E-state index in [0.717, 1.165) is 11.3 Å². The zero-order valence-corrected chi connectivity index (χ0v) is 20.1. The van der Waals surface area contributed by atoms with Gasteiger partial charge in [-0.15, -0.1) is 11.3 Å². The van der Waals surface area contributed by atoms with E-state index in [1.807, 2.05) is 6.92 Å². The number of carbonyl (C=O) groups excluding carboxylic acids is 2. The van der Waals surface area contributed by atoms with Gasteiger partial charge in [0.15, 0.2) is 6.10 Å². The summed E-state index contributed by atoms with van der Waals surface area (Å²) in [6.45, 7) is 4.77. The number of ether oxygens (including phenoxy) is 2. The molecule has 9 nitrogen and oxygen atoms in total. The number of sulfonamides is 1. The summed E-state index contributed by atoms with van der Waals surface area (Å²) in [5.41, 5.74) is 4.57. The van der Waals surface area contributed by atoms with E-state index in [2.05, 4.69) is 10.9 Å². The molecule has 1 aromatic heterocycles. The zero-order chi connectivity index (χ0) is 23.1. The third kappa shape index (κ3) is 5.94. The molecule has 1 aliphatic heterocycles. The van der Waals surface area contributed by atoms with E-state index in [1.165, 1.54) is 17.3 Å². The molecule has 1 aliphatic rings. The van der Waals surface area contributed by atoms with Gasteiger partial charge in [0.2, 0.25) is 10.0 Å². The maximum absolute atomic E-state index is 12.9. The number of nitrogens with one attached hydrogen (secondary N) is 2. The third-order valence-electron chi connectivity index (χ3n) is 4.54. The minimum absolute atomic E-state index is 0.0172. The van der Waals surface area contributed by atoms with Gasteiger partial charge in [-0.05, 0) is 49.6 Å². The summed E-state index contributed by atoms with van der Waals surface area (Å²) >= 11 is 2.69. The van der Waals surface area contributed by atoms with Crippen molar-refractivity contribution in [2.24, 2.45) is 0 Å². The Bertz CT molecular complexity index is 1030. The number of hydrogen-bond donors (Lipinski definition) is 2. The van der Waals surface area contributed by atoms with Crippen LogP contribution in [0.1, 0.15) is 23.5 Å². The lowest BCUT2D eigenvalue weighted by molar-refractivity contribution is -0.128. The Morgan fingerprint density at radius 2 is 1.75 bits per heavy atom. The van der Waals surface area contributed by atoms with E-state index in [4.69, 9.17) is 9.47 Å². The van der Waals surface area contributed by atoms with E-state index >= 15 is 0 Å². The number of thioether (sulfide) groups is 1. The van der Waals surface area contributed by atoms with Crippen molar-refractivity contribution in [1.29, 1.82) is 0 Å². The molecule has 12 heteroatoms. The van der Waals surface area contributed by atoms with E-state index in [9.17, 15) is 18.0 Å². The van der Waals surface area contributed by atoms with Crippen molar-refractivity contribution in [3.63, 3.8) is 0 Å². The fourth-order valence-electron chi connectivity index (χ4n) is 2.91. The molecule has 174 valence electrons. The maximum atomic E-state index is 12.9. The molecule has 0 saturated carbocycles. The Morgan fingerprint density at radius 1 is 1.09 bits per heavy atom. The van der Waals surface area contributed by atoms with Gasteiger partial charge >= 0.3 is 0 Å². The summed E-state index contributed by atoms with van der Waals surface area (Å²) in [5.74, 6) is 1.30. The van der Waals surface area contributed by atoms with Gasteiger partial charge in [-0.1, -0.05) is 0 Å². The highest BCUT2D eigenvalue weighted by atomic mass is 32.2. The standard InChI is InChI=1S/C20H25N3O6S3/c1-3-28-15-4-6-16(7-5-15)29-14(2)19(24)21-22-20(25)18-17(8-11-31-18)32(26,27)23-9-12-30-13-10-23/h4-8,11,14H,3,9-10,12-13H2,1-2H3,(H,21,24)(H,22,25). The normalized spacial score (nSPS) is 15.6. The first-order valence-electron chi connectivity index (χ1n) is 9.98. The highest BCUT2D eigenvalue weighted by molar-refractivity contribution is 7.99. The molecule has 0 radical (unpaired) electrons. The third-order valence-corrected chi connectivity index (χ3v) is 8.47. The summed E-state index contributed by atoms with van der Waals surface area (Å²) in [6, 6.07) is 8.22. The lowest BCUT2D eigenvalue weighted by Gasteiger charge is -2.25. The SMILES string of the molecule is CCOc1ccc(OC(C)C(=O)NNC(=O)c2sccc2S(=O)(=O)N2CCSCC2)cc1. The van der Waals surface area contributed by atoms with Gasteiger partial charge in [-0.2, -0.15) is 16.1 Å². The summed E-state index contributed by atoms with van der Waals surface area (Å²) in [6.07, 6.45) is -0.898. The van der Waals surface area contributed by atoms with Crippen LogP contribution in [0.25, 0.3) is 0 Å². The van der Waals surface area contributed by atoms with Gasteiger partial charge in [-0.3, -0.25) is 20.4 Å². The van der Waals surface area contributed by atoms with Crippen molar-refractivity contribution in [2.75, 3.05) is 31.2 Å². The van der Waals surface area contributed by atoms with Gasteiger partial charge in [0.1, 0.15) is 21.3 Å². The van der Waals surface area contributed by atoms with Crippen LogP contribution in [-0.4, -0.2) is 61.8 Å². The number of nitrogens with zero attached hydrogens (tertiary/aromatic N) is 1. The van der Waals surface area contributed by atoms with Crippen LogP contribution in [-0.2, 0) is 14.8 Å². The van der Waals surface area contributed by atoms with E-state index in [-0.39, 0.29) is 9.77 Å². The number of hydrogen-bond acceptors (Lipinski definition) is 8. The average Bonchev–Trinajstić information content (AvgIpc) is 3.30. The second kappa shape index (κ2) is 11.0. The molecule has 2 aromatic rings. The molecule has 32 heavy (non-hydrogen) atoms. The van der Waals surface area contributed by atoms with Crippen LogP contribution >= 0.6 is 23.1 Å². The van der Waals surface area contributed by atoms with E-state index < -0.39 is 27.9 Å². The van der Waals surface area contributed by atoms with Gasteiger partial charge in [-0.25, -0.2) is 8.42 Å². The smallest absolute Gasteiger partial charge is 0.281 e. The lowest BCUT2D eigenvalue weighted by Crippen LogP contribution is -2.47. The van der Waals surface area contributed by atoms with Crippen LogP contribution in [0.4, 0.5) is 0 Å². The molecule has 2 amide bonds. The number of benzene rings is 1. The number of amides is 2. The van der Waals surface area contributed by atoms with Crippen LogP contribution in [0.3, 0.4) is 0 Å². The Balaban J connectivity index is 1.57. The quantitative estimate of drug-likeness (QED) is 0.535. The summed E-state index contributed by atoms with van der Waals surface area (Å²) in [4.78, 5) is 24.9. The largest absolute Gasteiger partial charge is 0.494 e.